The van der Waals surface area contributed by atoms with Gasteiger partial charge in [0.2, 0.25) is 5.91 Å². The Morgan fingerprint density at radius 1 is 1.17 bits per heavy atom. The average Bonchev–Trinajstić information content (AvgIpc) is 2.54. The van der Waals surface area contributed by atoms with Crippen LogP contribution in [-0.2, 0) is 20.9 Å². The maximum Gasteiger partial charge on any atom is 0.321 e. The van der Waals surface area contributed by atoms with Crippen LogP contribution in [0, 0.1) is 0 Å². The van der Waals surface area contributed by atoms with Crippen LogP contribution in [0.25, 0.3) is 0 Å². The van der Waals surface area contributed by atoms with E-state index in [-0.39, 0.29) is 18.4 Å². The summed E-state index contributed by atoms with van der Waals surface area (Å²) >= 11 is 1.49. The van der Waals surface area contributed by atoms with Crippen molar-refractivity contribution >= 4 is 23.8 Å². The molecule has 1 aromatic rings. The predicted octanol–water partition coefficient (Wildman–Crippen LogP) is 3.39. The van der Waals surface area contributed by atoms with Crippen LogP contribution < -0.4 is 5.32 Å². The second kappa shape index (κ2) is 11.9. The summed E-state index contributed by atoms with van der Waals surface area (Å²) in [7, 11) is 1.85. The predicted molar refractivity (Wildman–Crippen MR) is 97.6 cm³/mol. The van der Waals surface area contributed by atoms with Gasteiger partial charge in [-0.15, -0.1) is 0 Å². The fourth-order valence-corrected chi connectivity index (χ4v) is 2.88. The highest BCUT2D eigenvalue weighted by atomic mass is 32.2. The van der Waals surface area contributed by atoms with Crippen molar-refractivity contribution in [1.29, 1.82) is 0 Å². The van der Waals surface area contributed by atoms with Gasteiger partial charge < -0.3 is 10.1 Å². The molecule has 0 unspecified atom stereocenters. The second-order valence-electron chi connectivity index (χ2n) is 5.56. The molecule has 0 fully saturated rings. The number of hydrogen-bond acceptors (Lipinski definition) is 5. The maximum atomic E-state index is 11.7. The summed E-state index contributed by atoms with van der Waals surface area (Å²) in [5.41, 5.74) is 1.07. The van der Waals surface area contributed by atoms with Gasteiger partial charge in [-0.2, -0.15) is 0 Å². The molecule has 0 atom stereocenters. The van der Waals surface area contributed by atoms with Crippen molar-refractivity contribution in [3.05, 3.63) is 29.8 Å². The van der Waals surface area contributed by atoms with Gasteiger partial charge >= 0.3 is 5.97 Å². The number of nitrogens with zero attached hydrogens (tertiary/aromatic N) is 1. The molecule has 0 aliphatic carbocycles. The lowest BCUT2D eigenvalue weighted by atomic mass is 10.2. The highest BCUT2D eigenvalue weighted by Crippen LogP contribution is 2.21. The summed E-state index contributed by atoms with van der Waals surface area (Å²) < 4.78 is 6.76. The molecule has 24 heavy (non-hydrogen) atoms. The van der Waals surface area contributed by atoms with Crippen molar-refractivity contribution in [3.8, 4) is 0 Å². The Kier molecular flexibility index (Phi) is 10.2. The van der Waals surface area contributed by atoms with Crippen LogP contribution in [0.3, 0.4) is 0 Å². The van der Waals surface area contributed by atoms with Crippen molar-refractivity contribution in [2.75, 3.05) is 20.2 Å². The van der Waals surface area contributed by atoms with Gasteiger partial charge in [-0.25, -0.2) is 4.31 Å². The Hall–Kier alpha value is -1.53. The molecular formula is C18H28N2O3S. The Bertz CT molecular complexity index is 505. The summed E-state index contributed by atoms with van der Waals surface area (Å²) in [6.07, 6.45) is 3.76. The molecule has 1 rings (SSSR count). The number of hydrogen-bond donors (Lipinski definition) is 1. The van der Waals surface area contributed by atoms with Gasteiger partial charge in [-0.05, 0) is 50.0 Å². The van der Waals surface area contributed by atoms with Crippen LogP contribution >= 0.6 is 11.9 Å². The number of likely N-dealkylation sites (N-methyl/N-ethyl adjacent to an activating group) is 1. The number of carbonyl (C=O) groups is 2. The largest absolute Gasteiger partial charge is 0.465 e. The number of nitrogens with one attached hydrogen (secondary N) is 1. The molecule has 1 aromatic carbocycles. The number of carbonyl (C=O) groups excluding carboxylic acids is 2. The summed E-state index contributed by atoms with van der Waals surface area (Å²) in [5.74, 6) is -0.119. The topological polar surface area (TPSA) is 58.6 Å². The highest BCUT2D eigenvalue weighted by Gasteiger charge is 2.08. The molecular weight excluding hydrogens is 324 g/mol. The molecule has 134 valence electrons. The number of ether oxygens (including phenoxy) is 1. The molecule has 0 saturated carbocycles. The Morgan fingerprint density at radius 2 is 1.88 bits per heavy atom. The first kappa shape index (κ1) is 20.5. The quantitative estimate of drug-likeness (QED) is 0.376. The van der Waals surface area contributed by atoms with Gasteiger partial charge in [0.05, 0.1) is 6.61 Å². The third-order valence-corrected chi connectivity index (χ3v) is 4.26. The van der Waals surface area contributed by atoms with Gasteiger partial charge in [-0.1, -0.05) is 31.9 Å². The SMILES string of the molecule is CCCCCC(=O)NCc1ccc(SN(C)CC(=O)OCC)cc1. The molecule has 6 heteroatoms. The van der Waals surface area contributed by atoms with Crippen LogP contribution in [0.4, 0.5) is 0 Å². The Morgan fingerprint density at radius 3 is 2.50 bits per heavy atom. The van der Waals surface area contributed by atoms with Gasteiger partial charge in [0.15, 0.2) is 0 Å². The van der Waals surface area contributed by atoms with Gasteiger partial charge in [-0.3, -0.25) is 9.59 Å². The van der Waals surface area contributed by atoms with E-state index in [4.69, 9.17) is 4.74 Å². The lowest BCUT2D eigenvalue weighted by Crippen LogP contribution is -2.22. The summed E-state index contributed by atoms with van der Waals surface area (Å²) in [6.45, 7) is 5.12. The van der Waals surface area contributed by atoms with Gasteiger partial charge in [0.25, 0.3) is 0 Å². The van der Waals surface area contributed by atoms with E-state index < -0.39 is 0 Å². The van der Waals surface area contributed by atoms with Crippen molar-refractivity contribution in [3.63, 3.8) is 0 Å². The summed E-state index contributed by atoms with van der Waals surface area (Å²) in [6, 6.07) is 7.97. The highest BCUT2D eigenvalue weighted by molar-refractivity contribution is 7.97. The zero-order chi connectivity index (χ0) is 17.8. The van der Waals surface area contributed by atoms with E-state index in [1.807, 2.05) is 35.6 Å². The van der Waals surface area contributed by atoms with Crippen LogP contribution in [-0.4, -0.2) is 36.4 Å². The van der Waals surface area contributed by atoms with E-state index >= 15 is 0 Å². The molecule has 0 saturated heterocycles. The van der Waals surface area contributed by atoms with Crippen molar-refractivity contribution in [1.82, 2.24) is 9.62 Å². The minimum Gasteiger partial charge on any atom is -0.465 e. The van der Waals surface area contributed by atoms with Crippen LogP contribution in [0.15, 0.2) is 29.2 Å². The first-order chi connectivity index (χ1) is 11.5. The molecule has 0 aliphatic rings. The summed E-state index contributed by atoms with van der Waals surface area (Å²) in [5, 5.41) is 2.94. The van der Waals surface area contributed by atoms with Crippen LogP contribution in [0.5, 0.6) is 0 Å². The van der Waals surface area contributed by atoms with E-state index in [2.05, 4.69) is 12.2 Å². The molecule has 1 N–H and O–H groups in total. The zero-order valence-electron chi connectivity index (χ0n) is 14.8. The molecule has 0 spiro atoms. The third kappa shape index (κ3) is 8.93. The molecule has 1 amide bonds. The first-order valence-electron chi connectivity index (χ1n) is 8.45. The normalized spacial score (nSPS) is 10.7. The minimum atomic E-state index is -0.227. The summed E-state index contributed by atoms with van der Waals surface area (Å²) in [4.78, 5) is 24.2. The fraction of sp³-hybridized carbons (Fsp3) is 0.556. The third-order valence-electron chi connectivity index (χ3n) is 3.34. The Labute approximate surface area is 149 Å². The monoisotopic (exact) mass is 352 g/mol. The van der Waals surface area contributed by atoms with E-state index in [9.17, 15) is 9.59 Å². The smallest absolute Gasteiger partial charge is 0.321 e. The van der Waals surface area contributed by atoms with Crippen molar-refractivity contribution in [2.45, 2.75) is 51.0 Å². The van der Waals surface area contributed by atoms with E-state index in [1.165, 1.54) is 11.9 Å². The lowest BCUT2D eigenvalue weighted by molar-refractivity contribution is -0.142. The number of unbranched alkanes of at least 4 members (excludes halogenated alkanes) is 2. The number of amides is 1. The van der Waals surface area contributed by atoms with Crippen LogP contribution in [0.1, 0.15) is 45.1 Å². The first-order valence-corrected chi connectivity index (χ1v) is 9.22. The van der Waals surface area contributed by atoms with E-state index in [1.54, 1.807) is 6.92 Å². The van der Waals surface area contributed by atoms with Crippen molar-refractivity contribution < 1.29 is 14.3 Å². The van der Waals surface area contributed by atoms with Crippen LogP contribution in [0.2, 0.25) is 0 Å². The average molecular weight is 353 g/mol. The van der Waals surface area contributed by atoms with Gasteiger partial charge in [0, 0.05) is 17.9 Å². The Balaban J connectivity index is 2.34. The molecule has 5 nitrogen and oxygen atoms in total. The van der Waals surface area contributed by atoms with Gasteiger partial charge in [0.1, 0.15) is 6.54 Å². The lowest BCUT2D eigenvalue weighted by Gasteiger charge is -2.14. The number of esters is 1. The zero-order valence-corrected chi connectivity index (χ0v) is 15.7. The number of benzene rings is 1. The molecule has 0 heterocycles. The minimum absolute atomic E-state index is 0.107. The second-order valence-corrected chi connectivity index (χ2v) is 6.84. The van der Waals surface area contributed by atoms with E-state index in [0.717, 1.165) is 29.7 Å². The molecule has 0 bridgehead atoms. The van der Waals surface area contributed by atoms with E-state index in [0.29, 0.717) is 19.6 Å². The van der Waals surface area contributed by atoms with Crippen molar-refractivity contribution in [2.24, 2.45) is 0 Å². The standard InChI is InChI=1S/C18H28N2O3S/c1-4-6-7-8-17(21)19-13-15-9-11-16(12-10-15)24-20(3)14-18(22)23-5-2/h9-12H,4-8,13-14H2,1-3H3,(H,19,21). The number of rotatable bonds is 11. The maximum absolute atomic E-state index is 11.7. The fourth-order valence-electron chi connectivity index (χ4n) is 2.09. The molecule has 0 aliphatic heterocycles. The molecule has 0 aromatic heterocycles. The molecule has 0 radical (unpaired) electrons.